The highest BCUT2D eigenvalue weighted by Crippen LogP contribution is 2.20. The lowest BCUT2D eigenvalue weighted by Gasteiger charge is -2.37. The number of pyridine rings is 1. The maximum absolute atomic E-state index is 13.0. The predicted molar refractivity (Wildman–Crippen MR) is 112 cm³/mol. The van der Waals surface area contributed by atoms with Gasteiger partial charge in [-0.25, -0.2) is 4.98 Å². The number of fused-ring (bicyclic) bond motifs is 1. The van der Waals surface area contributed by atoms with Gasteiger partial charge in [-0.1, -0.05) is 29.8 Å². The summed E-state index contributed by atoms with van der Waals surface area (Å²) in [7, 11) is 2.19. The molecule has 0 radical (unpaired) electrons. The van der Waals surface area contributed by atoms with Crippen molar-refractivity contribution in [3.63, 3.8) is 0 Å². The lowest BCUT2D eigenvalue weighted by Crippen LogP contribution is -2.45. The van der Waals surface area contributed by atoms with Gasteiger partial charge in [-0.3, -0.25) is 9.69 Å². The van der Waals surface area contributed by atoms with Crippen molar-refractivity contribution in [1.29, 1.82) is 0 Å². The molecule has 5 heteroatoms. The number of rotatable bonds is 4. The smallest absolute Gasteiger partial charge is 0.255 e. The molecule has 0 unspecified atom stereocenters. The first-order valence-corrected chi connectivity index (χ1v) is 10.00. The van der Waals surface area contributed by atoms with Crippen molar-refractivity contribution >= 4 is 11.6 Å². The number of aryl methyl sites for hydroxylation is 2. The molecule has 1 aromatic carbocycles. The molecule has 0 saturated carbocycles. The molecule has 2 aromatic heterocycles. The average molecular weight is 377 g/mol. The Balaban J connectivity index is 1.37. The molecule has 0 atom stereocenters. The second-order valence-corrected chi connectivity index (χ2v) is 7.97. The monoisotopic (exact) mass is 376 g/mol. The van der Waals surface area contributed by atoms with E-state index in [1.807, 2.05) is 40.8 Å². The number of imidazole rings is 1. The average Bonchev–Trinajstić information content (AvgIpc) is 3.08. The number of hydrogen-bond donors (Lipinski definition) is 0. The number of carbonyl (C=O) groups excluding carboxylic acids is 1. The van der Waals surface area contributed by atoms with Crippen molar-refractivity contribution in [3.05, 3.63) is 71.2 Å². The number of aromatic nitrogens is 2. The minimum Gasteiger partial charge on any atom is -0.338 e. The van der Waals surface area contributed by atoms with Crippen molar-refractivity contribution in [1.82, 2.24) is 19.2 Å². The first-order valence-electron chi connectivity index (χ1n) is 10.00. The van der Waals surface area contributed by atoms with Gasteiger partial charge in [0.2, 0.25) is 0 Å². The van der Waals surface area contributed by atoms with Crippen molar-refractivity contribution in [2.75, 3.05) is 20.1 Å². The summed E-state index contributed by atoms with van der Waals surface area (Å²) in [6.45, 7) is 6.71. The molecule has 3 aromatic rings. The highest BCUT2D eigenvalue weighted by molar-refractivity contribution is 5.94. The molecule has 146 valence electrons. The number of amides is 1. The van der Waals surface area contributed by atoms with E-state index in [-0.39, 0.29) is 5.91 Å². The summed E-state index contributed by atoms with van der Waals surface area (Å²) in [5.41, 5.74) is 5.31. The van der Waals surface area contributed by atoms with Crippen molar-refractivity contribution in [3.8, 4) is 0 Å². The van der Waals surface area contributed by atoms with Crippen LogP contribution in [0.15, 0.2) is 48.8 Å². The van der Waals surface area contributed by atoms with E-state index in [1.165, 1.54) is 11.1 Å². The van der Waals surface area contributed by atoms with Gasteiger partial charge in [0.05, 0.1) is 5.56 Å². The van der Waals surface area contributed by atoms with E-state index in [9.17, 15) is 4.79 Å². The van der Waals surface area contributed by atoms with Gasteiger partial charge in [-0.05, 0) is 51.4 Å². The summed E-state index contributed by atoms with van der Waals surface area (Å²) in [5.74, 6) is 0.120. The number of likely N-dealkylation sites (tertiary alicyclic amines) is 1. The Kier molecular flexibility index (Phi) is 5.18. The summed E-state index contributed by atoms with van der Waals surface area (Å²) in [4.78, 5) is 21.7. The molecular formula is C23H28N4O. The van der Waals surface area contributed by atoms with Crippen LogP contribution >= 0.6 is 0 Å². The molecule has 3 heterocycles. The van der Waals surface area contributed by atoms with Crippen LogP contribution in [0.3, 0.4) is 0 Å². The fraction of sp³-hybridized carbons (Fsp3) is 0.391. The topological polar surface area (TPSA) is 40.8 Å². The zero-order chi connectivity index (χ0) is 19.7. The van der Waals surface area contributed by atoms with E-state index < -0.39 is 0 Å². The first kappa shape index (κ1) is 18.7. The molecule has 0 spiro atoms. The molecular weight excluding hydrogens is 348 g/mol. The summed E-state index contributed by atoms with van der Waals surface area (Å²) in [5, 5.41) is 0. The van der Waals surface area contributed by atoms with Gasteiger partial charge in [-0.15, -0.1) is 0 Å². The number of hydrogen-bond acceptors (Lipinski definition) is 3. The Hall–Kier alpha value is -2.66. The van der Waals surface area contributed by atoms with Gasteiger partial charge < -0.3 is 9.30 Å². The van der Waals surface area contributed by atoms with Crippen LogP contribution in [-0.4, -0.2) is 51.3 Å². The van der Waals surface area contributed by atoms with Gasteiger partial charge >= 0.3 is 0 Å². The fourth-order valence-electron chi connectivity index (χ4n) is 4.15. The summed E-state index contributed by atoms with van der Waals surface area (Å²) in [6, 6.07) is 13.0. The van der Waals surface area contributed by atoms with Gasteiger partial charge in [0.25, 0.3) is 5.91 Å². The van der Waals surface area contributed by atoms with Gasteiger partial charge in [0.15, 0.2) is 0 Å². The normalized spacial score (nSPS) is 15.5. The van der Waals surface area contributed by atoms with E-state index in [0.29, 0.717) is 6.04 Å². The molecule has 1 amide bonds. The third-order valence-electron chi connectivity index (χ3n) is 5.83. The van der Waals surface area contributed by atoms with Gasteiger partial charge in [-0.2, -0.15) is 0 Å². The largest absolute Gasteiger partial charge is 0.338 e. The van der Waals surface area contributed by atoms with Crippen LogP contribution in [0.2, 0.25) is 0 Å². The quantitative estimate of drug-likeness (QED) is 0.697. The van der Waals surface area contributed by atoms with Crippen LogP contribution in [-0.2, 0) is 6.54 Å². The number of piperidine rings is 1. The van der Waals surface area contributed by atoms with Gasteiger partial charge in [0.1, 0.15) is 5.65 Å². The maximum atomic E-state index is 13.0. The van der Waals surface area contributed by atoms with Crippen molar-refractivity contribution in [2.24, 2.45) is 0 Å². The van der Waals surface area contributed by atoms with E-state index in [1.54, 1.807) is 0 Å². The van der Waals surface area contributed by atoms with Crippen LogP contribution < -0.4 is 0 Å². The number of nitrogens with zero attached hydrogens (tertiary/aromatic N) is 4. The molecule has 0 aliphatic carbocycles. The number of benzene rings is 1. The van der Waals surface area contributed by atoms with E-state index >= 15 is 0 Å². The molecule has 1 aliphatic rings. The summed E-state index contributed by atoms with van der Waals surface area (Å²) in [6.07, 6.45) is 5.77. The summed E-state index contributed by atoms with van der Waals surface area (Å²) >= 11 is 0. The van der Waals surface area contributed by atoms with Crippen molar-refractivity contribution < 1.29 is 4.79 Å². The Morgan fingerprint density at radius 2 is 1.96 bits per heavy atom. The van der Waals surface area contributed by atoms with Crippen molar-refractivity contribution in [2.45, 2.75) is 39.3 Å². The highest BCUT2D eigenvalue weighted by atomic mass is 16.2. The Labute approximate surface area is 166 Å². The van der Waals surface area contributed by atoms with E-state index in [0.717, 1.165) is 49.4 Å². The Bertz CT molecular complexity index is 985. The molecule has 4 rings (SSSR count). The van der Waals surface area contributed by atoms with Crippen LogP contribution in [0.1, 0.15) is 40.0 Å². The Morgan fingerprint density at radius 3 is 2.71 bits per heavy atom. The molecule has 0 bridgehead atoms. The Morgan fingerprint density at radius 1 is 1.18 bits per heavy atom. The van der Waals surface area contributed by atoms with Crippen LogP contribution in [0.25, 0.3) is 5.65 Å². The molecule has 1 fully saturated rings. The second kappa shape index (κ2) is 7.76. The highest BCUT2D eigenvalue weighted by Gasteiger charge is 2.26. The SMILES string of the molecule is Cc1cccc(CN(C)C2CCN(C(=O)c3ccc4ncc(C)n4c3)CC2)c1. The fourth-order valence-corrected chi connectivity index (χ4v) is 4.15. The third-order valence-corrected chi connectivity index (χ3v) is 5.83. The van der Waals surface area contributed by atoms with Crippen LogP contribution in [0, 0.1) is 13.8 Å². The maximum Gasteiger partial charge on any atom is 0.255 e. The minimum absolute atomic E-state index is 0.120. The molecule has 0 N–H and O–H groups in total. The molecule has 5 nitrogen and oxygen atoms in total. The molecule has 1 aliphatic heterocycles. The third kappa shape index (κ3) is 3.80. The first-order chi connectivity index (χ1) is 13.5. The molecule has 28 heavy (non-hydrogen) atoms. The van der Waals surface area contributed by atoms with E-state index in [2.05, 4.69) is 48.1 Å². The predicted octanol–water partition coefficient (Wildman–Crippen LogP) is 3.69. The lowest BCUT2D eigenvalue weighted by molar-refractivity contribution is 0.0639. The lowest BCUT2D eigenvalue weighted by atomic mass is 10.0. The number of carbonyl (C=O) groups is 1. The zero-order valence-electron chi connectivity index (χ0n) is 16.9. The molecule has 1 saturated heterocycles. The summed E-state index contributed by atoms with van der Waals surface area (Å²) < 4.78 is 1.98. The van der Waals surface area contributed by atoms with Crippen LogP contribution in [0.5, 0.6) is 0 Å². The van der Waals surface area contributed by atoms with Gasteiger partial charge in [0, 0.05) is 43.8 Å². The van der Waals surface area contributed by atoms with Crippen LogP contribution in [0.4, 0.5) is 0 Å². The minimum atomic E-state index is 0.120. The second-order valence-electron chi connectivity index (χ2n) is 7.97. The van der Waals surface area contributed by atoms with E-state index in [4.69, 9.17) is 0 Å². The standard InChI is InChI=1S/C23H28N4O/c1-17-5-4-6-19(13-17)15-25(3)21-9-11-26(12-10-21)23(28)20-7-8-22-24-14-18(2)27(22)16-20/h4-8,13-14,16,21H,9-12,15H2,1-3H3. The zero-order valence-corrected chi connectivity index (χ0v) is 16.9.